The fraction of sp³-hybridized carbons (Fsp3) is 0.900. The third kappa shape index (κ3) is 2.01. The molecule has 0 saturated heterocycles. The molecule has 0 spiro atoms. The molecule has 0 aromatic heterocycles. The largest absolute Gasteiger partial charge is 0.0842 e. The quantitative estimate of drug-likeness (QED) is 0.525. The second-order valence-corrected chi connectivity index (χ2v) is 8.54. The van der Waals surface area contributed by atoms with Gasteiger partial charge in [0.15, 0.2) is 0 Å². The normalized spacial score (nSPS) is 47.6. The summed E-state index contributed by atoms with van der Waals surface area (Å²) < 4.78 is 0. The lowest BCUT2D eigenvalue weighted by molar-refractivity contribution is 0.0369. The number of rotatable bonds is 3. The van der Waals surface area contributed by atoms with Crippen LogP contribution in [0.2, 0.25) is 0 Å². The number of allylic oxidation sites excluding steroid dienone is 2. The van der Waals surface area contributed by atoms with Crippen LogP contribution in [-0.2, 0) is 0 Å². The molecule has 0 heteroatoms. The molecule has 20 heavy (non-hydrogen) atoms. The van der Waals surface area contributed by atoms with Gasteiger partial charge >= 0.3 is 0 Å². The maximum absolute atomic E-state index is 2.69. The molecule has 3 aliphatic carbocycles. The molecule has 5 atom stereocenters. The summed E-state index contributed by atoms with van der Waals surface area (Å²) in [6.45, 7) is 10.1. The van der Waals surface area contributed by atoms with Gasteiger partial charge in [0.25, 0.3) is 0 Å². The van der Waals surface area contributed by atoms with Crippen molar-refractivity contribution in [3.8, 4) is 0 Å². The van der Waals surface area contributed by atoms with Crippen molar-refractivity contribution < 1.29 is 0 Å². The van der Waals surface area contributed by atoms with Crippen LogP contribution in [0.1, 0.15) is 85.5 Å². The fourth-order valence-corrected chi connectivity index (χ4v) is 5.96. The molecular formula is C20H34. The molecule has 3 aliphatic rings. The molecule has 0 radical (unpaired) electrons. The molecular weight excluding hydrogens is 240 g/mol. The van der Waals surface area contributed by atoms with Gasteiger partial charge in [-0.3, -0.25) is 0 Å². The van der Waals surface area contributed by atoms with Crippen LogP contribution in [0.5, 0.6) is 0 Å². The van der Waals surface area contributed by atoms with Crippen molar-refractivity contribution in [1.82, 2.24) is 0 Å². The van der Waals surface area contributed by atoms with Gasteiger partial charge < -0.3 is 0 Å². The van der Waals surface area contributed by atoms with E-state index in [-0.39, 0.29) is 0 Å². The van der Waals surface area contributed by atoms with Gasteiger partial charge in [-0.1, -0.05) is 58.6 Å². The lowest BCUT2D eigenvalue weighted by Crippen LogP contribution is -2.46. The van der Waals surface area contributed by atoms with Crippen LogP contribution in [0.4, 0.5) is 0 Å². The number of unbranched alkanes of at least 4 members (excludes halogenated alkanes) is 1. The molecule has 114 valence electrons. The summed E-state index contributed by atoms with van der Waals surface area (Å²) in [5, 5.41) is 0. The highest BCUT2D eigenvalue weighted by molar-refractivity contribution is 5.28. The predicted molar refractivity (Wildman–Crippen MR) is 87.7 cm³/mol. The fourth-order valence-electron chi connectivity index (χ4n) is 5.96. The van der Waals surface area contributed by atoms with Crippen molar-refractivity contribution >= 4 is 0 Å². The lowest BCUT2D eigenvalue weighted by Gasteiger charge is -2.55. The maximum atomic E-state index is 2.69. The number of hydrogen-bond acceptors (Lipinski definition) is 0. The summed E-state index contributed by atoms with van der Waals surface area (Å²) in [5.41, 5.74) is 3.07. The molecule has 0 N–H and O–H groups in total. The van der Waals surface area contributed by atoms with Crippen LogP contribution >= 0.6 is 0 Å². The van der Waals surface area contributed by atoms with Crippen molar-refractivity contribution in [3.63, 3.8) is 0 Å². The third-order valence-corrected chi connectivity index (χ3v) is 7.67. The van der Waals surface area contributed by atoms with Crippen molar-refractivity contribution in [3.05, 3.63) is 11.6 Å². The first kappa shape index (κ1) is 14.7. The molecule has 0 aromatic carbocycles. The molecule has 5 unspecified atom stereocenters. The Balaban J connectivity index is 1.92. The highest BCUT2D eigenvalue weighted by Crippen LogP contribution is 2.63. The van der Waals surface area contributed by atoms with Crippen LogP contribution in [-0.4, -0.2) is 0 Å². The second kappa shape index (κ2) is 5.18. The van der Waals surface area contributed by atoms with Gasteiger partial charge in [-0.2, -0.15) is 0 Å². The van der Waals surface area contributed by atoms with Gasteiger partial charge in [-0.15, -0.1) is 0 Å². The van der Waals surface area contributed by atoms with Gasteiger partial charge in [0.1, 0.15) is 0 Å². The Labute approximate surface area is 126 Å². The van der Waals surface area contributed by atoms with E-state index in [1.165, 1.54) is 57.8 Å². The van der Waals surface area contributed by atoms with E-state index in [9.17, 15) is 0 Å². The molecule has 0 aliphatic heterocycles. The SMILES string of the molecule is CCCCC1(C)C(C)CC=C2C1CCC1CCCC21C. The number of fused-ring (bicyclic) bond motifs is 3. The standard InChI is InChI=1S/C20H34/c1-5-6-13-19(3)15(2)9-11-18-17(19)12-10-16-8-7-14-20(16,18)4/h11,15-17H,5-10,12-14H2,1-4H3. The molecule has 0 bridgehead atoms. The topological polar surface area (TPSA) is 0 Å². The molecule has 0 amide bonds. The lowest BCUT2D eigenvalue weighted by atomic mass is 9.50. The highest BCUT2D eigenvalue weighted by Gasteiger charge is 2.53. The summed E-state index contributed by atoms with van der Waals surface area (Å²) in [6.07, 6.45) is 15.7. The Morgan fingerprint density at radius 1 is 1.20 bits per heavy atom. The highest BCUT2D eigenvalue weighted by atomic mass is 14.6. The first-order valence-electron chi connectivity index (χ1n) is 9.23. The monoisotopic (exact) mass is 274 g/mol. The zero-order chi connectivity index (χ0) is 14.4. The minimum atomic E-state index is 0.580. The average Bonchev–Trinajstić information content (AvgIpc) is 2.82. The number of hydrogen-bond donors (Lipinski definition) is 0. The van der Waals surface area contributed by atoms with Gasteiger partial charge in [0.2, 0.25) is 0 Å². The van der Waals surface area contributed by atoms with Gasteiger partial charge in [-0.05, 0) is 67.1 Å². The molecule has 0 heterocycles. The van der Waals surface area contributed by atoms with Gasteiger partial charge in [-0.25, -0.2) is 0 Å². The van der Waals surface area contributed by atoms with Crippen molar-refractivity contribution in [2.24, 2.45) is 28.6 Å². The van der Waals surface area contributed by atoms with Gasteiger partial charge in [0.05, 0.1) is 0 Å². The first-order valence-corrected chi connectivity index (χ1v) is 9.23. The predicted octanol–water partition coefficient (Wildman–Crippen LogP) is 6.37. The minimum absolute atomic E-state index is 0.580. The summed E-state index contributed by atoms with van der Waals surface area (Å²) in [4.78, 5) is 0. The van der Waals surface area contributed by atoms with Crippen LogP contribution < -0.4 is 0 Å². The summed E-state index contributed by atoms with van der Waals surface area (Å²) in [6, 6.07) is 0. The van der Waals surface area contributed by atoms with Crippen molar-refractivity contribution in [2.45, 2.75) is 85.5 Å². The van der Waals surface area contributed by atoms with Crippen molar-refractivity contribution in [2.75, 3.05) is 0 Å². The second-order valence-electron chi connectivity index (χ2n) is 8.54. The Morgan fingerprint density at radius 2 is 2.00 bits per heavy atom. The van der Waals surface area contributed by atoms with E-state index >= 15 is 0 Å². The molecule has 2 saturated carbocycles. The van der Waals surface area contributed by atoms with Crippen LogP contribution in [0.25, 0.3) is 0 Å². The van der Waals surface area contributed by atoms with Gasteiger partial charge in [0, 0.05) is 0 Å². The minimum Gasteiger partial charge on any atom is -0.0842 e. The van der Waals surface area contributed by atoms with Crippen molar-refractivity contribution in [1.29, 1.82) is 0 Å². The molecule has 3 rings (SSSR count). The summed E-state index contributed by atoms with van der Waals surface area (Å²) >= 11 is 0. The van der Waals surface area contributed by atoms with E-state index in [0.29, 0.717) is 10.8 Å². The van der Waals surface area contributed by atoms with E-state index in [2.05, 4.69) is 33.8 Å². The molecule has 2 fully saturated rings. The van der Waals surface area contributed by atoms with Crippen LogP contribution in [0, 0.1) is 28.6 Å². The Hall–Kier alpha value is -0.260. The summed E-state index contributed by atoms with van der Waals surface area (Å²) in [7, 11) is 0. The third-order valence-electron chi connectivity index (χ3n) is 7.67. The molecule has 0 aromatic rings. The van der Waals surface area contributed by atoms with E-state index in [1.54, 1.807) is 0 Å². The first-order chi connectivity index (χ1) is 9.52. The van der Waals surface area contributed by atoms with Crippen LogP contribution in [0.3, 0.4) is 0 Å². The van der Waals surface area contributed by atoms with Crippen LogP contribution in [0.15, 0.2) is 11.6 Å². The Bertz CT molecular complexity index is 393. The van der Waals surface area contributed by atoms with E-state index in [4.69, 9.17) is 0 Å². The summed E-state index contributed by atoms with van der Waals surface area (Å²) in [5.74, 6) is 2.79. The molecule has 0 nitrogen and oxygen atoms in total. The van der Waals surface area contributed by atoms with E-state index in [1.807, 2.05) is 5.57 Å². The van der Waals surface area contributed by atoms with E-state index in [0.717, 1.165) is 17.8 Å². The average molecular weight is 274 g/mol. The zero-order valence-corrected chi connectivity index (χ0v) is 14.2. The Morgan fingerprint density at radius 3 is 2.75 bits per heavy atom. The smallest absolute Gasteiger partial charge is 0.00852 e. The zero-order valence-electron chi connectivity index (χ0n) is 14.2. The maximum Gasteiger partial charge on any atom is -0.00852 e. The van der Waals surface area contributed by atoms with E-state index < -0.39 is 0 Å². The Kier molecular flexibility index (Phi) is 3.80.